The Bertz CT molecular complexity index is 795. The van der Waals surface area contributed by atoms with Gasteiger partial charge in [0.2, 0.25) is 0 Å². The van der Waals surface area contributed by atoms with E-state index in [1.165, 1.54) is 10.5 Å². The lowest BCUT2D eigenvalue weighted by atomic mass is 9.87. The third kappa shape index (κ3) is 2.17. The molecule has 1 spiro atoms. The minimum atomic E-state index is -0.366. The second kappa shape index (κ2) is 5.38. The molecule has 6 nitrogen and oxygen atoms in total. The van der Waals surface area contributed by atoms with Crippen molar-refractivity contribution < 1.29 is 19.1 Å². The molecule has 26 heavy (non-hydrogen) atoms. The number of hydrogen-bond acceptors (Lipinski definition) is 4. The monoisotopic (exact) mass is 356 g/mol. The number of imide groups is 1. The lowest BCUT2D eigenvalue weighted by Gasteiger charge is -2.39. The van der Waals surface area contributed by atoms with Gasteiger partial charge >= 0.3 is 6.03 Å². The number of ether oxygens (including phenoxy) is 2. The van der Waals surface area contributed by atoms with E-state index in [-0.39, 0.29) is 35.5 Å². The van der Waals surface area contributed by atoms with Crippen LogP contribution in [0.3, 0.4) is 0 Å². The Morgan fingerprint density at radius 3 is 2.73 bits per heavy atom. The number of amides is 3. The van der Waals surface area contributed by atoms with Crippen LogP contribution in [-0.2, 0) is 10.2 Å². The van der Waals surface area contributed by atoms with Crippen LogP contribution in [0.5, 0.6) is 11.5 Å². The minimum Gasteiger partial charge on any atom is -0.492 e. The van der Waals surface area contributed by atoms with E-state index in [4.69, 9.17) is 9.47 Å². The second-order valence-corrected chi connectivity index (χ2v) is 8.14. The molecule has 3 amide bonds. The summed E-state index contributed by atoms with van der Waals surface area (Å²) in [6, 6.07) is 3.43. The molecule has 1 aromatic carbocycles. The quantitative estimate of drug-likeness (QED) is 0.842. The number of hydrogen-bond donors (Lipinski definition) is 1. The Labute approximate surface area is 152 Å². The van der Waals surface area contributed by atoms with Gasteiger partial charge in [-0.05, 0) is 37.8 Å². The van der Waals surface area contributed by atoms with Gasteiger partial charge in [0.05, 0.1) is 6.61 Å². The fraction of sp³-hybridized carbons (Fsp3) is 0.600. The number of urea groups is 1. The Kier molecular flexibility index (Phi) is 3.30. The summed E-state index contributed by atoms with van der Waals surface area (Å²) in [7, 11) is 0. The van der Waals surface area contributed by atoms with Crippen molar-refractivity contribution in [1.29, 1.82) is 0 Å². The Morgan fingerprint density at radius 2 is 2.08 bits per heavy atom. The highest BCUT2D eigenvalue weighted by Crippen LogP contribution is 2.59. The molecule has 0 aromatic heterocycles. The number of nitrogens with zero attached hydrogens (tertiary/aromatic N) is 1. The van der Waals surface area contributed by atoms with E-state index < -0.39 is 0 Å². The predicted octanol–water partition coefficient (Wildman–Crippen LogP) is 2.66. The first kappa shape index (κ1) is 16.0. The molecule has 0 radical (unpaired) electrons. The van der Waals surface area contributed by atoms with Crippen molar-refractivity contribution >= 4 is 11.9 Å². The highest BCUT2D eigenvalue weighted by atomic mass is 16.5. The first-order chi connectivity index (χ1) is 12.5. The predicted molar refractivity (Wildman–Crippen MR) is 94.5 cm³/mol. The maximum atomic E-state index is 12.3. The molecule has 1 aromatic rings. The van der Waals surface area contributed by atoms with E-state index in [2.05, 4.69) is 24.4 Å². The largest absolute Gasteiger partial charge is 0.492 e. The summed E-state index contributed by atoms with van der Waals surface area (Å²) in [4.78, 5) is 25.8. The van der Waals surface area contributed by atoms with Crippen LogP contribution >= 0.6 is 0 Å². The minimum absolute atomic E-state index is 0.0458. The first-order valence-electron chi connectivity index (χ1n) is 9.59. The number of nitrogens with one attached hydrogen (secondary N) is 1. The van der Waals surface area contributed by atoms with Gasteiger partial charge in [0, 0.05) is 29.9 Å². The molecule has 1 N–H and O–H groups in total. The van der Waals surface area contributed by atoms with Crippen molar-refractivity contribution in [2.24, 2.45) is 0 Å². The van der Waals surface area contributed by atoms with E-state index in [0.29, 0.717) is 19.3 Å². The molecule has 0 unspecified atom stereocenters. The third-order valence-corrected chi connectivity index (χ3v) is 6.38. The third-order valence-electron chi connectivity index (χ3n) is 6.38. The fourth-order valence-electron chi connectivity index (χ4n) is 4.48. The van der Waals surface area contributed by atoms with Gasteiger partial charge in [0.15, 0.2) is 0 Å². The van der Waals surface area contributed by atoms with Gasteiger partial charge in [0.25, 0.3) is 5.91 Å². The fourth-order valence-corrected chi connectivity index (χ4v) is 4.48. The molecular formula is C20H24N2O4. The Hall–Kier alpha value is -2.24. The molecule has 4 aliphatic rings. The molecule has 1 atom stereocenters. The van der Waals surface area contributed by atoms with Gasteiger partial charge in [-0.25, -0.2) is 4.79 Å². The van der Waals surface area contributed by atoms with Crippen molar-refractivity contribution in [3.05, 3.63) is 23.3 Å². The number of rotatable bonds is 4. The van der Waals surface area contributed by atoms with Crippen LogP contribution in [0.15, 0.2) is 12.1 Å². The van der Waals surface area contributed by atoms with Crippen LogP contribution in [0, 0.1) is 6.92 Å². The van der Waals surface area contributed by atoms with Crippen LogP contribution in [0.2, 0.25) is 0 Å². The Balaban J connectivity index is 1.29. The maximum absolute atomic E-state index is 12.3. The van der Waals surface area contributed by atoms with E-state index in [1.807, 2.05) is 6.92 Å². The molecule has 0 bridgehead atoms. The zero-order valence-electron chi connectivity index (χ0n) is 15.2. The molecule has 2 aliphatic heterocycles. The smallest absolute Gasteiger partial charge is 0.325 e. The summed E-state index contributed by atoms with van der Waals surface area (Å²) in [5.74, 6) is 1.82. The number of aryl methyl sites for hydroxylation is 1. The number of fused-ring (bicyclic) bond motifs is 2. The molecule has 2 aliphatic carbocycles. The molecule has 5 rings (SSSR count). The molecule has 2 heterocycles. The van der Waals surface area contributed by atoms with Crippen molar-refractivity contribution in [3.63, 3.8) is 0 Å². The van der Waals surface area contributed by atoms with E-state index in [1.54, 1.807) is 0 Å². The summed E-state index contributed by atoms with van der Waals surface area (Å²) < 4.78 is 12.2. The average Bonchev–Trinajstić information content (AvgIpc) is 3.18. The van der Waals surface area contributed by atoms with Gasteiger partial charge in [-0.1, -0.05) is 13.0 Å². The molecule has 138 valence electrons. The first-order valence-corrected chi connectivity index (χ1v) is 9.59. The number of carbonyl (C=O) groups is 2. The summed E-state index contributed by atoms with van der Waals surface area (Å²) >= 11 is 0. The van der Waals surface area contributed by atoms with E-state index in [9.17, 15) is 9.59 Å². The molecule has 6 heteroatoms. The number of carbonyl (C=O) groups excluding carboxylic acids is 2. The summed E-state index contributed by atoms with van der Waals surface area (Å²) in [6.45, 7) is 4.75. The lowest BCUT2D eigenvalue weighted by molar-refractivity contribution is -0.131. The van der Waals surface area contributed by atoms with Crippen LogP contribution in [0.25, 0.3) is 0 Å². The lowest BCUT2D eigenvalue weighted by Crippen LogP contribution is -2.52. The Morgan fingerprint density at radius 1 is 1.31 bits per heavy atom. The van der Waals surface area contributed by atoms with Crippen LogP contribution in [-0.4, -0.2) is 41.6 Å². The maximum Gasteiger partial charge on any atom is 0.325 e. The van der Waals surface area contributed by atoms with Gasteiger partial charge < -0.3 is 14.8 Å². The summed E-state index contributed by atoms with van der Waals surface area (Å²) in [5, 5.41) is 2.76. The van der Waals surface area contributed by atoms with Crippen LogP contribution in [0.4, 0.5) is 4.79 Å². The van der Waals surface area contributed by atoms with E-state index in [0.717, 1.165) is 36.5 Å². The van der Waals surface area contributed by atoms with Gasteiger partial charge in [-0.2, -0.15) is 0 Å². The SMILES string of the molecule is CC[C@@H]1NC(=O)N([C@H]2C[C@@H](Oc3ccc(C)c4c3C3(CC3)CO4)C2)C1=O. The average molecular weight is 356 g/mol. The molecule has 2 saturated carbocycles. The van der Waals surface area contributed by atoms with Crippen LogP contribution < -0.4 is 14.8 Å². The van der Waals surface area contributed by atoms with Gasteiger partial charge in [0.1, 0.15) is 23.6 Å². The van der Waals surface area contributed by atoms with Gasteiger partial charge in [-0.15, -0.1) is 0 Å². The van der Waals surface area contributed by atoms with Crippen LogP contribution in [0.1, 0.15) is 50.2 Å². The second-order valence-electron chi connectivity index (χ2n) is 8.14. The van der Waals surface area contributed by atoms with Crippen molar-refractivity contribution in [3.8, 4) is 11.5 Å². The van der Waals surface area contributed by atoms with Crippen molar-refractivity contribution in [2.45, 2.75) is 69.6 Å². The van der Waals surface area contributed by atoms with Gasteiger partial charge in [-0.3, -0.25) is 9.69 Å². The zero-order chi connectivity index (χ0) is 18.1. The molecule has 1 saturated heterocycles. The van der Waals surface area contributed by atoms with Crippen molar-refractivity contribution in [1.82, 2.24) is 10.2 Å². The highest BCUT2D eigenvalue weighted by Gasteiger charge is 2.54. The topological polar surface area (TPSA) is 67.9 Å². The van der Waals surface area contributed by atoms with Crippen molar-refractivity contribution in [2.75, 3.05) is 6.61 Å². The summed E-state index contributed by atoms with van der Waals surface area (Å²) in [5.41, 5.74) is 2.56. The standard InChI is InChI=1S/C20H24N2O4/c1-3-14-18(23)22(19(24)21-14)12-8-13(9-12)26-15-5-4-11(2)17-16(15)20(6-7-20)10-25-17/h4-5,12-14H,3,6-10H2,1-2H3,(H,21,24)/t12-,13+,14-/m0/s1. The molecule has 3 fully saturated rings. The summed E-state index contributed by atoms with van der Waals surface area (Å²) in [6.07, 6.45) is 4.40. The zero-order valence-corrected chi connectivity index (χ0v) is 15.2. The van der Waals surface area contributed by atoms with E-state index >= 15 is 0 Å². The normalized spacial score (nSPS) is 30.7. The highest BCUT2D eigenvalue weighted by molar-refractivity contribution is 6.04. The number of benzene rings is 1. The molecular weight excluding hydrogens is 332 g/mol.